The monoisotopic (exact) mass is 318 g/mol. The van der Waals surface area contributed by atoms with Gasteiger partial charge in [-0.15, -0.1) is 0 Å². The van der Waals surface area contributed by atoms with Crippen LogP contribution in [0.3, 0.4) is 0 Å². The second kappa shape index (κ2) is 5.85. The van der Waals surface area contributed by atoms with Gasteiger partial charge < -0.3 is 8.98 Å². The number of H-pyrrole nitrogens is 1. The zero-order chi connectivity index (χ0) is 16.5. The van der Waals surface area contributed by atoms with Gasteiger partial charge in [-0.05, 0) is 26.0 Å². The molecule has 3 aromatic heterocycles. The largest absolute Gasteiger partial charge is 0.463 e. The van der Waals surface area contributed by atoms with Crippen molar-refractivity contribution in [1.29, 1.82) is 0 Å². The lowest BCUT2D eigenvalue weighted by Gasteiger charge is -2.09. The molecule has 0 fully saturated rings. The standard InChI is InChI=1S/C19H18N4O/c1-13-16(14(2)22-21-13)11-23-12-20-18(15-7-4-3-5-8-15)19(23)17-9-6-10-24-17/h3-10,12H,11H2,1-2H3,(H,21,22). The number of benzene rings is 1. The Kier molecular flexibility index (Phi) is 3.54. The van der Waals surface area contributed by atoms with Crippen molar-refractivity contribution in [1.82, 2.24) is 19.7 Å². The van der Waals surface area contributed by atoms with E-state index >= 15 is 0 Å². The van der Waals surface area contributed by atoms with E-state index in [9.17, 15) is 0 Å². The number of rotatable bonds is 4. The number of hydrogen-bond acceptors (Lipinski definition) is 3. The molecular weight excluding hydrogens is 300 g/mol. The number of aromatic amines is 1. The highest BCUT2D eigenvalue weighted by Gasteiger charge is 2.18. The number of furan rings is 1. The summed E-state index contributed by atoms with van der Waals surface area (Å²) >= 11 is 0. The lowest BCUT2D eigenvalue weighted by Crippen LogP contribution is -2.02. The lowest BCUT2D eigenvalue weighted by atomic mass is 10.1. The molecule has 24 heavy (non-hydrogen) atoms. The molecule has 4 aromatic rings. The summed E-state index contributed by atoms with van der Waals surface area (Å²) < 4.78 is 7.79. The fourth-order valence-electron chi connectivity index (χ4n) is 2.96. The minimum Gasteiger partial charge on any atom is -0.463 e. The van der Waals surface area contributed by atoms with Gasteiger partial charge in [-0.25, -0.2) is 4.98 Å². The Bertz CT molecular complexity index is 929. The van der Waals surface area contributed by atoms with E-state index in [1.807, 2.05) is 50.5 Å². The van der Waals surface area contributed by atoms with Crippen LogP contribution in [0.15, 0.2) is 59.5 Å². The van der Waals surface area contributed by atoms with E-state index in [0.29, 0.717) is 6.54 Å². The second-order valence-corrected chi connectivity index (χ2v) is 5.83. The van der Waals surface area contributed by atoms with Crippen molar-refractivity contribution in [2.45, 2.75) is 20.4 Å². The number of aryl methyl sites for hydroxylation is 2. The lowest BCUT2D eigenvalue weighted by molar-refractivity contribution is 0.575. The molecule has 120 valence electrons. The molecule has 0 aliphatic rings. The van der Waals surface area contributed by atoms with Crippen molar-refractivity contribution >= 4 is 0 Å². The van der Waals surface area contributed by atoms with E-state index in [1.165, 1.54) is 5.56 Å². The van der Waals surface area contributed by atoms with E-state index in [1.54, 1.807) is 6.26 Å². The van der Waals surface area contributed by atoms with Gasteiger partial charge >= 0.3 is 0 Å². The predicted molar refractivity (Wildman–Crippen MR) is 92.5 cm³/mol. The maximum atomic E-state index is 5.68. The molecule has 1 N–H and O–H groups in total. The fourth-order valence-corrected chi connectivity index (χ4v) is 2.96. The Morgan fingerprint density at radius 1 is 1.08 bits per heavy atom. The van der Waals surface area contributed by atoms with Gasteiger partial charge in [0.05, 0.1) is 30.5 Å². The molecule has 0 aliphatic heterocycles. The molecule has 0 spiro atoms. The first kappa shape index (κ1) is 14.5. The quantitative estimate of drug-likeness (QED) is 0.613. The highest BCUT2D eigenvalue weighted by molar-refractivity contribution is 5.76. The molecule has 0 aliphatic carbocycles. The SMILES string of the molecule is Cc1n[nH]c(C)c1Cn1cnc(-c2ccccc2)c1-c1ccco1. The summed E-state index contributed by atoms with van der Waals surface area (Å²) in [5.74, 6) is 0.810. The summed E-state index contributed by atoms with van der Waals surface area (Å²) in [5.41, 5.74) is 6.24. The number of aromatic nitrogens is 4. The smallest absolute Gasteiger partial charge is 0.152 e. The molecule has 0 saturated heterocycles. The Balaban J connectivity index is 1.85. The van der Waals surface area contributed by atoms with Crippen LogP contribution in [0.1, 0.15) is 17.0 Å². The van der Waals surface area contributed by atoms with Crippen LogP contribution in [0.25, 0.3) is 22.7 Å². The third kappa shape index (κ3) is 2.44. The first-order valence-electron chi connectivity index (χ1n) is 7.89. The van der Waals surface area contributed by atoms with Crippen LogP contribution in [0.4, 0.5) is 0 Å². The molecule has 5 nitrogen and oxygen atoms in total. The Labute approximate surface area is 140 Å². The average Bonchev–Trinajstić information content (AvgIpc) is 3.32. The molecule has 0 bridgehead atoms. The molecule has 0 saturated carbocycles. The zero-order valence-electron chi connectivity index (χ0n) is 13.7. The number of imidazole rings is 1. The molecule has 0 amide bonds. The average molecular weight is 318 g/mol. The van der Waals surface area contributed by atoms with Crippen molar-refractivity contribution < 1.29 is 4.42 Å². The molecule has 0 atom stereocenters. The summed E-state index contributed by atoms with van der Waals surface area (Å²) in [6.07, 6.45) is 3.56. The van der Waals surface area contributed by atoms with Gasteiger partial charge in [0.15, 0.2) is 5.76 Å². The normalized spacial score (nSPS) is 11.1. The van der Waals surface area contributed by atoms with Crippen LogP contribution in [0.5, 0.6) is 0 Å². The van der Waals surface area contributed by atoms with Gasteiger partial charge in [0.2, 0.25) is 0 Å². The van der Waals surface area contributed by atoms with Crippen molar-refractivity contribution in [3.63, 3.8) is 0 Å². The molecule has 3 heterocycles. The van der Waals surface area contributed by atoms with E-state index in [0.717, 1.165) is 34.1 Å². The highest BCUT2D eigenvalue weighted by Crippen LogP contribution is 2.32. The van der Waals surface area contributed by atoms with E-state index in [4.69, 9.17) is 4.42 Å². The molecule has 1 aromatic carbocycles. The first-order valence-corrected chi connectivity index (χ1v) is 7.89. The van der Waals surface area contributed by atoms with Gasteiger partial charge in [-0.1, -0.05) is 30.3 Å². The van der Waals surface area contributed by atoms with Gasteiger partial charge in [0.25, 0.3) is 0 Å². The van der Waals surface area contributed by atoms with Crippen molar-refractivity contribution in [3.8, 4) is 22.7 Å². The number of nitrogens with one attached hydrogen (secondary N) is 1. The summed E-state index contributed by atoms with van der Waals surface area (Å²) in [7, 11) is 0. The fraction of sp³-hybridized carbons (Fsp3) is 0.158. The molecule has 0 unspecified atom stereocenters. The number of hydrogen-bond donors (Lipinski definition) is 1. The third-order valence-corrected chi connectivity index (χ3v) is 4.25. The second-order valence-electron chi connectivity index (χ2n) is 5.83. The van der Waals surface area contributed by atoms with Crippen LogP contribution in [0, 0.1) is 13.8 Å². The molecule has 0 radical (unpaired) electrons. The van der Waals surface area contributed by atoms with Gasteiger partial charge in [0.1, 0.15) is 5.69 Å². The summed E-state index contributed by atoms with van der Waals surface area (Å²) in [5, 5.41) is 7.33. The van der Waals surface area contributed by atoms with Crippen LogP contribution in [-0.4, -0.2) is 19.7 Å². The predicted octanol–water partition coefficient (Wildman–Crippen LogP) is 4.20. The van der Waals surface area contributed by atoms with Crippen LogP contribution in [-0.2, 0) is 6.54 Å². The third-order valence-electron chi connectivity index (χ3n) is 4.25. The minimum atomic E-state index is 0.698. The Hall–Kier alpha value is -3.08. The Morgan fingerprint density at radius 3 is 2.58 bits per heavy atom. The Morgan fingerprint density at radius 2 is 1.92 bits per heavy atom. The minimum absolute atomic E-state index is 0.698. The van der Waals surface area contributed by atoms with Crippen LogP contribution < -0.4 is 0 Å². The summed E-state index contributed by atoms with van der Waals surface area (Å²) in [6.45, 7) is 4.75. The maximum absolute atomic E-state index is 5.68. The maximum Gasteiger partial charge on any atom is 0.152 e. The van der Waals surface area contributed by atoms with Crippen LogP contribution >= 0.6 is 0 Å². The summed E-state index contributed by atoms with van der Waals surface area (Å²) in [6, 6.07) is 14.0. The molecule has 4 rings (SSSR count). The van der Waals surface area contributed by atoms with Gasteiger partial charge in [-0.2, -0.15) is 5.10 Å². The highest BCUT2D eigenvalue weighted by atomic mass is 16.3. The van der Waals surface area contributed by atoms with Crippen molar-refractivity contribution in [2.75, 3.05) is 0 Å². The van der Waals surface area contributed by atoms with Gasteiger partial charge in [0, 0.05) is 16.8 Å². The zero-order valence-corrected chi connectivity index (χ0v) is 13.7. The van der Waals surface area contributed by atoms with E-state index in [-0.39, 0.29) is 0 Å². The van der Waals surface area contributed by atoms with Gasteiger partial charge in [-0.3, -0.25) is 5.10 Å². The topological polar surface area (TPSA) is 59.6 Å². The van der Waals surface area contributed by atoms with E-state index < -0.39 is 0 Å². The van der Waals surface area contributed by atoms with E-state index in [2.05, 4.69) is 31.9 Å². The number of nitrogens with zero attached hydrogens (tertiary/aromatic N) is 3. The summed E-state index contributed by atoms with van der Waals surface area (Å²) in [4.78, 5) is 4.65. The van der Waals surface area contributed by atoms with Crippen molar-refractivity contribution in [2.24, 2.45) is 0 Å². The molecular formula is C19H18N4O. The van der Waals surface area contributed by atoms with Crippen molar-refractivity contribution in [3.05, 3.63) is 72.0 Å². The van der Waals surface area contributed by atoms with Crippen LogP contribution in [0.2, 0.25) is 0 Å². The molecule has 5 heteroatoms. The first-order chi connectivity index (χ1) is 11.7.